The number of hydrogen-bond donors (Lipinski definition) is 1. The normalized spacial score (nSPS) is 11.7. The van der Waals surface area contributed by atoms with Gasteiger partial charge in [-0.2, -0.15) is 10.4 Å². The summed E-state index contributed by atoms with van der Waals surface area (Å²) >= 11 is 0. The van der Waals surface area contributed by atoms with Gasteiger partial charge in [0.05, 0.1) is 30.8 Å². The molecule has 0 saturated carbocycles. The SMILES string of the molecule is Cc1ccc([C@@H](NC(=O)CCc2c(C)nn(CCC#N)c2C)c2ccccc2)cc1C. The van der Waals surface area contributed by atoms with Gasteiger partial charge in [-0.05, 0) is 61.9 Å². The molecule has 1 heterocycles. The highest BCUT2D eigenvalue weighted by molar-refractivity contribution is 5.77. The van der Waals surface area contributed by atoms with Crippen molar-refractivity contribution in [3.63, 3.8) is 0 Å². The largest absolute Gasteiger partial charge is 0.345 e. The van der Waals surface area contributed by atoms with Crippen LogP contribution in [0.1, 0.15) is 58.1 Å². The average Bonchev–Trinajstić information content (AvgIpc) is 3.04. The molecule has 1 aromatic heterocycles. The van der Waals surface area contributed by atoms with Gasteiger partial charge in [-0.3, -0.25) is 9.48 Å². The Bertz CT molecular complexity index is 1090. The summed E-state index contributed by atoms with van der Waals surface area (Å²) < 4.78 is 1.87. The molecular weight excluding hydrogens is 384 g/mol. The number of hydrogen-bond acceptors (Lipinski definition) is 3. The second kappa shape index (κ2) is 10.1. The predicted molar refractivity (Wildman–Crippen MR) is 123 cm³/mol. The van der Waals surface area contributed by atoms with E-state index in [0.29, 0.717) is 25.8 Å². The molecule has 2 aromatic carbocycles. The maximum Gasteiger partial charge on any atom is 0.221 e. The Labute approximate surface area is 184 Å². The minimum atomic E-state index is -0.187. The second-order valence-electron chi connectivity index (χ2n) is 8.04. The van der Waals surface area contributed by atoms with Crippen LogP contribution in [0.2, 0.25) is 0 Å². The first-order chi connectivity index (χ1) is 14.9. The Morgan fingerprint density at radius 2 is 1.81 bits per heavy atom. The van der Waals surface area contributed by atoms with E-state index in [4.69, 9.17) is 5.26 Å². The van der Waals surface area contributed by atoms with Gasteiger partial charge >= 0.3 is 0 Å². The lowest BCUT2D eigenvalue weighted by atomic mass is 9.95. The van der Waals surface area contributed by atoms with E-state index in [2.05, 4.69) is 48.5 Å². The third-order valence-electron chi connectivity index (χ3n) is 5.87. The van der Waals surface area contributed by atoms with Crippen LogP contribution in [0.5, 0.6) is 0 Å². The summed E-state index contributed by atoms with van der Waals surface area (Å²) in [7, 11) is 0. The minimum Gasteiger partial charge on any atom is -0.345 e. The number of carbonyl (C=O) groups is 1. The minimum absolute atomic E-state index is 0.00987. The second-order valence-corrected chi connectivity index (χ2v) is 8.04. The summed E-state index contributed by atoms with van der Waals surface area (Å²) in [5, 5.41) is 16.6. The van der Waals surface area contributed by atoms with E-state index < -0.39 is 0 Å². The van der Waals surface area contributed by atoms with Gasteiger partial charge in [0, 0.05) is 12.1 Å². The molecule has 160 valence electrons. The van der Waals surface area contributed by atoms with Crippen LogP contribution in [0.4, 0.5) is 0 Å². The smallest absolute Gasteiger partial charge is 0.221 e. The standard InChI is InChI=1S/C26H30N4O/c1-18-11-12-23(17-19(18)2)26(22-9-6-5-7-10-22)28-25(31)14-13-24-20(3)29-30(21(24)4)16-8-15-27/h5-7,9-12,17,26H,8,13-14,16H2,1-4H3,(H,28,31)/t26-/m0/s1. The quantitative estimate of drug-likeness (QED) is 0.572. The van der Waals surface area contributed by atoms with Crippen LogP contribution in [0.15, 0.2) is 48.5 Å². The third kappa shape index (κ3) is 5.40. The summed E-state index contributed by atoms with van der Waals surface area (Å²) in [5.41, 5.74) is 7.65. The van der Waals surface area contributed by atoms with Gasteiger partial charge in [0.15, 0.2) is 0 Å². The summed E-state index contributed by atoms with van der Waals surface area (Å²) in [6.45, 7) is 8.74. The summed E-state index contributed by atoms with van der Waals surface area (Å²) in [6.07, 6.45) is 1.45. The van der Waals surface area contributed by atoms with E-state index in [0.717, 1.165) is 28.1 Å². The number of nitriles is 1. The van der Waals surface area contributed by atoms with Gasteiger partial charge in [-0.15, -0.1) is 0 Å². The van der Waals surface area contributed by atoms with E-state index >= 15 is 0 Å². The lowest BCUT2D eigenvalue weighted by Gasteiger charge is -2.21. The molecule has 0 aliphatic heterocycles. The van der Waals surface area contributed by atoms with E-state index in [1.165, 1.54) is 11.1 Å². The highest BCUT2D eigenvalue weighted by atomic mass is 16.1. The van der Waals surface area contributed by atoms with Crippen molar-refractivity contribution in [2.75, 3.05) is 0 Å². The third-order valence-corrected chi connectivity index (χ3v) is 5.87. The van der Waals surface area contributed by atoms with Gasteiger partial charge in [0.25, 0.3) is 0 Å². The van der Waals surface area contributed by atoms with Crippen molar-refractivity contribution in [3.8, 4) is 6.07 Å². The molecule has 31 heavy (non-hydrogen) atoms. The predicted octanol–water partition coefficient (Wildman–Crippen LogP) is 4.87. The molecule has 1 atom stereocenters. The molecule has 0 unspecified atom stereocenters. The maximum atomic E-state index is 12.9. The van der Waals surface area contributed by atoms with Gasteiger partial charge in [-0.25, -0.2) is 0 Å². The highest BCUT2D eigenvalue weighted by Gasteiger charge is 2.19. The zero-order valence-electron chi connectivity index (χ0n) is 18.8. The van der Waals surface area contributed by atoms with Crippen molar-refractivity contribution >= 4 is 5.91 Å². The van der Waals surface area contributed by atoms with E-state index in [1.807, 2.05) is 48.9 Å². The molecule has 1 amide bonds. The zero-order chi connectivity index (χ0) is 22.4. The molecule has 1 N–H and O–H groups in total. The average molecular weight is 415 g/mol. The molecule has 0 aliphatic carbocycles. The number of rotatable bonds is 8. The highest BCUT2D eigenvalue weighted by Crippen LogP contribution is 2.24. The molecule has 3 aromatic rings. The van der Waals surface area contributed by atoms with Crippen LogP contribution < -0.4 is 5.32 Å². The van der Waals surface area contributed by atoms with Crippen molar-refractivity contribution in [2.24, 2.45) is 0 Å². The number of nitrogens with zero attached hydrogens (tertiary/aromatic N) is 3. The van der Waals surface area contributed by atoms with Crippen molar-refractivity contribution in [3.05, 3.63) is 87.7 Å². The van der Waals surface area contributed by atoms with Crippen molar-refractivity contribution in [1.29, 1.82) is 5.26 Å². The van der Waals surface area contributed by atoms with Crippen LogP contribution in [-0.4, -0.2) is 15.7 Å². The molecule has 5 nitrogen and oxygen atoms in total. The van der Waals surface area contributed by atoms with E-state index in [1.54, 1.807) is 0 Å². The van der Waals surface area contributed by atoms with E-state index in [-0.39, 0.29) is 11.9 Å². The molecule has 0 saturated heterocycles. The fourth-order valence-electron chi connectivity index (χ4n) is 3.89. The number of benzene rings is 2. The fourth-order valence-corrected chi connectivity index (χ4v) is 3.89. The Kier molecular flexibility index (Phi) is 7.25. The summed E-state index contributed by atoms with van der Waals surface area (Å²) in [6, 6.07) is 18.4. The number of amides is 1. The van der Waals surface area contributed by atoms with Crippen LogP contribution >= 0.6 is 0 Å². The van der Waals surface area contributed by atoms with Crippen LogP contribution in [0.25, 0.3) is 0 Å². The number of carbonyl (C=O) groups excluding carboxylic acids is 1. The van der Waals surface area contributed by atoms with E-state index in [9.17, 15) is 4.79 Å². The Hall–Kier alpha value is -3.39. The van der Waals surface area contributed by atoms with Crippen LogP contribution in [0, 0.1) is 39.0 Å². The number of aryl methyl sites for hydroxylation is 4. The molecule has 3 rings (SSSR count). The lowest BCUT2D eigenvalue weighted by Crippen LogP contribution is -2.29. The Morgan fingerprint density at radius 1 is 1.06 bits per heavy atom. The first-order valence-electron chi connectivity index (χ1n) is 10.7. The lowest BCUT2D eigenvalue weighted by molar-refractivity contribution is -0.121. The topological polar surface area (TPSA) is 70.7 Å². The first kappa shape index (κ1) is 22.3. The fraction of sp³-hybridized carbons (Fsp3) is 0.346. The molecule has 0 radical (unpaired) electrons. The van der Waals surface area contributed by atoms with Gasteiger partial charge < -0.3 is 5.32 Å². The van der Waals surface area contributed by atoms with Gasteiger partial charge in [0.2, 0.25) is 5.91 Å². The molecule has 0 bridgehead atoms. The first-order valence-corrected chi connectivity index (χ1v) is 10.7. The molecular formula is C26H30N4O. The number of aromatic nitrogens is 2. The van der Waals surface area contributed by atoms with Crippen molar-refractivity contribution in [1.82, 2.24) is 15.1 Å². The monoisotopic (exact) mass is 414 g/mol. The Balaban J connectivity index is 1.75. The van der Waals surface area contributed by atoms with Crippen molar-refractivity contribution in [2.45, 2.75) is 59.5 Å². The summed E-state index contributed by atoms with van der Waals surface area (Å²) in [5.74, 6) is 0.00987. The number of nitrogens with one attached hydrogen (secondary N) is 1. The van der Waals surface area contributed by atoms with Crippen LogP contribution in [-0.2, 0) is 17.8 Å². The summed E-state index contributed by atoms with van der Waals surface area (Å²) in [4.78, 5) is 12.9. The van der Waals surface area contributed by atoms with Gasteiger partial charge in [-0.1, -0.05) is 48.5 Å². The Morgan fingerprint density at radius 3 is 2.48 bits per heavy atom. The molecule has 0 aliphatic rings. The maximum absolute atomic E-state index is 12.9. The van der Waals surface area contributed by atoms with Crippen molar-refractivity contribution < 1.29 is 4.79 Å². The van der Waals surface area contributed by atoms with Gasteiger partial charge in [0.1, 0.15) is 0 Å². The zero-order valence-corrected chi connectivity index (χ0v) is 18.8. The van der Waals surface area contributed by atoms with Crippen LogP contribution in [0.3, 0.4) is 0 Å². The molecule has 5 heteroatoms. The molecule has 0 fully saturated rings. The molecule has 0 spiro atoms.